The van der Waals surface area contributed by atoms with Crippen LogP contribution in [-0.2, 0) is 0 Å². The van der Waals surface area contributed by atoms with Gasteiger partial charge < -0.3 is 20.9 Å². The molecule has 0 unspecified atom stereocenters. The van der Waals surface area contributed by atoms with Gasteiger partial charge in [0.05, 0.1) is 13.2 Å². The first-order valence-electron chi connectivity index (χ1n) is 6.66. The van der Waals surface area contributed by atoms with E-state index in [1.807, 2.05) is 6.92 Å². The summed E-state index contributed by atoms with van der Waals surface area (Å²) in [6, 6.07) is 0.224. The first kappa shape index (κ1) is 13.8. The van der Waals surface area contributed by atoms with Crippen molar-refractivity contribution in [3.05, 3.63) is 0 Å². The Morgan fingerprint density at radius 2 is 2.05 bits per heavy atom. The molecule has 19 heavy (non-hydrogen) atoms. The maximum Gasteiger partial charge on any atom is 0.323 e. The SMILES string of the molecule is CCOc1nc(N)nc(NCC2(CO)CCCC2)n1. The highest BCUT2D eigenvalue weighted by atomic mass is 16.5. The van der Waals surface area contributed by atoms with E-state index >= 15 is 0 Å². The lowest BCUT2D eigenvalue weighted by molar-refractivity contribution is 0.142. The zero-order valence-electron chi connectivity index (χ0n) is 11.2. The number of nitrogen functional groups attached to an aromatic ring is 1. The smallest absolute Gasteiger partial charge is 0.323 e. The van der Waals surface area contributed by atoms with Crippen molar-refractivity contribution in [2.45, 2.75) is 32.6 Å². The van der Waals surface area contributed by atoms with Gasteiger partial charge in [0.15, 0.2) is 0 Å². The lowest BCUT2D eigenvalue weighted by Gasteiger charge is -2.26. The quantitative estimate of drug-likeness (QED) is 0.700. The molecule has 1 aromatic heterocycles. The third-order valence-corrected chi connectivity index (χ3v) is 3.53. The number of aromatic nitrogens is 3. The van der Waals surface area contributed by atoms with E-state index in [-0.39, 0.29) is 24.0 Å². The summed E-state index contributed by atoms with van der Waals surface area (Å²) in [7, 11) is 0. The van der Waals surface area contributed by atoms with Gasteiger partial charge in [0.2, 0.25) is 11.9 Å². The molecule has 0 spiro atoms. The van der Waals surface area contributed by atoms with Crippen LogP contribution in [0.2, 0.25) is 0 Å². The van der Waals surface area contributed by atoms with E-state index in [0.29, 0.717) is 19.1 Å². The van der Waals surface area contributed by atoms with E-state index in [4.69, 9.17) is 10.5 Å². The van der Waals surface area contributed by atoms with Gasteiger partial charge in [0.1, 0.15) is 0 Å². The molecule has 0 bridgehead atoms. The number of aliphatic hydroxyl groups is 1. The van der Waals surface area contributed by atoms with Gasteiger partial charge in [-0.1, -0.05) is 12.8 Å². The van der Waals surface area contributed by atoms with Gasteiger partial charge in [0.25, 0.3) is 0 Å². The Labute approximate surface area is 112 Å². The summed E-state index contributed by atoms with van der Waals surface area (Å²) in [5.41, 5.74) is 5.54. The minimum Gasteiger partial charge on any atom is -0.464 e. The van der Waals surface area contributed by atoms with Crippen molar-refractivity contribution in [1.82, 2.24) is 15.0 Å². The maximum absolute atomic E-state index is 9.55. The number of rotatable bonds is 6. The summed E-state index contributed by atoms with van der Waals surface area (Å²) in [5, 5.41) is 12.7. The van der Waals surface area contributed by atoms with Gasteiger partial charge in [-0.2, -0.15) is 15.0 Å². The number of nitrogens with zero attached hydrogens (tertiary/aromatic N) is 3. The predicted molar refractivity (Wildman–Crippen MR) is 71.9 cm³/mol. The van der Waals surface area contributed by atoms with Gasteiger partial charge in [-0.15, -0.1) is 0 Å². The van der Waals surface area contributed by atoms with Crippen LogP contribution < -0.4 is 15.8 Å². The molecule has 7 heteroatoms. The summed E-state index contributed by atoms with van der Waals surface area (Å²) in [5.74, 6) is 0.529. The number of aliphatic hydroxyl groups excluding tert-OH is 1. The molecule has 1 aliphatic rings. The Morgan fingerprint density at radius 3 is 2.68 bits per heavy atom. The van der Waals surface area contributed by atoms with Gasteiger partial charge >= 0.3 is 6.01 Å². The fourth-order valence-corrected chi connectivity index (χ4v) is 2.43. The Kier molecular flexibility index (Phi) is 4.36. The first-order valence-corrected chi connectivity index (χ1v) is 6.66. The normalized spacial score (nSPS) is 17.4. The second-order valence-electron chi connectivity index (χ2n) is 4.95. The molecule has 1 saturated carbocycles. The van der Waals surface area contributed by atoms with E-state index in [1.54, 1.807) is 0 Å². The topological polar surface area (TPSA) is 106 Å². The second kappa shape index (κ2) is 6.01. The lowest BCUT2D eigenvalue weighted by Crippen LogP contribution is -2.31. The van der Waals surface area contributed by atoms with Crippen LogP contribution in [0.15, 0.2) is 0 Å². The molecule has 0 amide bonds. The highest BCUT2D eigenvalue weighted by Gasteiger charge is 2.33. The standard InChI is InChI=1S/C12H21N5O2/c1-2-19-11-16-9(13)15-10(17-11)14-7-12(8-18)5-3-4-6-12/h18H,2-8H2,1H3,(H3,13,14,15,16,17). The van der Waals surface area contributed by atoms with E-state index in [9.17, 15) is 5.11 Å². The monoisotopic (exact) mass is 267 g/mol. The fraction of sp³-hybridized carbons (Fsp3) is 0.750. The Balaban J connectivity index is 2.02. The van der Waals surface area contributed by atoms with Crippen LogP contribution in [0.3, 0.4) is 0 Å². The molecule has 106 valence electrons. The van der Waals surface area contributed by atoms with Crippen molar-refractivity contribution >= 4 is 11.9 Å². The van der Waals surface area contributed by atoms with E-state index in [1.165, 1.54) is 0 Å². The largest absolute Gasteiger partial charge is 0.464 e. The highest BCUT2D eigenvalue weighted by molar-refractivity contribution is 5.32. The number of hydrogen-bond donors (Lipinski definition) is 3. The number of hydrogen-bond acceptors (Lipinski definition) is 7. The van der Waals surface area contributed by atoms with Crippen LogP contribution in [0.25, 0.3) is 0 Å². The van der Waals surface area contributed by atoms with Crippen molar-refractivity contribution in [3.8, 4) is 6.01 Å². The van der Waals surface area contributed by atoms with Gasteiger partial charge in [-0.05, 0) is 19.8 Å². The summed E-state index contributed by atoms with van der Waals surface area (Å²) in [6.45, 7) is 3.15. The number of nitrogens with one attached hydrogen (secondary N) is 1. The molecule has 0 aliphatic heterocycles. The summed E-state index contributed by atoms with van der Waals surface area (Å²) in [4.78, 5) is 12.0. The second-order valence-corrected chi connectivity index (χ2v) is 4.95. The Bertz CT molecular complexity index is 421. The molecule has 2 rings (SSSR count). The average molecular weight is 267 g/mol. The van der Waals surface area contributed by atoms with E-state index in [2.05, 4.69) is 20.3 Å². The zero-order valence-corrected chi connectivity index (χ0v) is 11.2. The minimum absolute atomic E-state index is 0.0623. The van der Waals surface area contributed by atoms with Crippen LogP contribution in [0.1, 0.15) is 32.6 Å². The molecule has 0 aromatic carbocycles. The number of nitrogens with two attached hydrogens (primary N) is 1. The first-order chi connectivity index (χ1) is 9.17. The van der Waals surface area contributed by atoms with Gasteiger partial charge in [0, 0.05) is 12.0 Å². The molecular weight excluding hydrogens is 246 g/mol. The molecule has 0 saturated heterocycles. The van der Waals surface area contributed by atoms with Crippen molar-refractivity contribution < 1.29 is 9.84 Å². The van der Waals surface area contributed by atoms with Crippen LogP contribution in [0.4, 0.5) is 11.9 Å². The maximum atomic E-state index is 9.55. The average Bonchev–Trinajstić information content (AvgIpc) is 2.86. The van der Waals surface area contributed by atoms with Crippen LogP contribution in [0, 0.1) is 5.41 Å². The molecule has 1 aromatic rings. The van der Waals surface area contributed by atoms with Crippen molar-refractivity contribution in [1.29, 1.82) is 0 Å². The molecule has 1 fully saturated rings. The molecule has 0 atom stereocenters. The van der Waals surface area contributed by atoms with Crippen LogP contribution in [-0.4, -0.2) is 39.8 Å². The van der Waals surface area contributed by atoms with Gasteiger partial charge in [-0.25, -0.2) is 0 Å². The molecule has 4 N–H and O–H groups in total. The minimum atomic E-state index is -0.0623. The molecule has 1 heterocycles. The van der Waals surface area contributed by atoms with E-state index in [0.717, 1.165) is 25.7 Å². The summed E-state index contributed by atoms with van der Waals surface area (Å²) < 4.78 is 5.22. The fourth-order valence-electron chi connectivity index (χ4n) is 2.43. The molecular formula is C12H21N5O2. The third kappa shape index (κ3) is 3.44. The van der Waals surface area contributed by atoms with Crippen molar-refractivity contribution in [2.75, 3.05) is 30.8 Å². The van der Waals surface area contributed by atoms with E-state index < -0.39 is 0 Å². The zero-order chi connectivity index (χ0) is 13.7. The Morgan fingerprint density at radius 1 is 1.32 bits per heavy atom. The van der Waals surface area contributed by atoms with Crippen molar-refractivity contribution in [3.63, 3.8) is 0 Å². The molecule has 0 radical (unpaired) electrons. The van der Waals surface area contributed by atoms with Crippen molar-refractivity contribution in [2.24, 2.45) is 5.41 Å². The number of anilines is 2. The summed E-state index contributed by atoms with van der Waals surface area (Å²) in [6.07, 6.45) is 4.36. The lowest BCUT2D eigenvalue weighted by atomic mass is 9.87. The number of ether oxygens (including phenoxy) is 1. The molecule has 7 nitrogen and oxygen atoms in total. The Hall–Kier alpha value is -1.63. The van der Waals surface area contributed by atoms with Crippen LogP contribution in [0.5, 0.6) is 6.01 Å². The summed E-state index contributed by atoms with van der Waals surface area (Å²) >= 11 is 0. The van der Waals surface area contributed by atoms with Gasteiger partial charge in [-0.3, -0.25) is 0 Å². The van der Waals surface area contributed by atoms with Crippen LogP contribution >= 0.6 is 0 Å². The molecule has 1 aliphatic carbocycles. The third-order valence-electron chi connectivity index (χ3n) is 3.53. The highest BCUT2D eigenvalue weighted by Crippen LogP contribution is 2.37. The predicted octanol–water partition coefficient (Wildman–Crippen LogP) is 0.817.